The van der Waals surface area contributed by atoms with E-state index < -0.39 is 0 Å². The molecule has 0 aliphatic rings. The Hall–Kier alpha value is -2.23. The first-order valence-corrected chi connectivity index (χ1v) is 8.71. The second kappa shape index (κ2) is 9.30. The summed E-state index contributed by atoms with van der Waals surface area (Å²) >= 11 is 9.25. The normalized spacial score (nSPS) is 10.0. The molecule has 1 amide bonds. The molecule has 0 spiro atoms. The van der Waals surface area contributed by atoms with Gasteiger partial charge in [-0.3, -0.25) is 4.79 Å². The lowest BCUT2D eigenvalue weighted by Gasteiger charge is -2.14. The van der Waals surface area contributed by atoms with E-state index in [1.54, 1.807) is 24.3 Å². The van der Waals surface area contributed by atoms with Gasteiger partial charge in [0.25, 0.3) is 5.91 Å². The van der Waals surface area contributed by atoms with Gasteiger partial charge in [-0.2, -0.15) is 5.26 Å². The largest absolute Gasteiger partial charge is 0.490 e. The van der Waals surface area contributed by atoms with E-state index in [0.717, 1.165) is 5.56 Å². The number of halogens is 2. The summed E-state index contributed by atoms with van der Waals surface area (Å²) in [6.45, 7) is 2.42. The molecule has 0 saturated heterocycles. The molecule has 0 fully saturated rings. The van der Waals surface area contributed by atoms with Crippen LogP contribution in [0, 0.1) is 11.3 Å². The number of nitrogens with zero attached hydrogens (tertiary/aromatic N) is 1. The van der Waals surface area contributed by atoms with Gasteiger partial charge in [0.1, 0.15) is 0 Å². The molecule has 0 radical (unpaired) electrons. The van der Waals surface area contributed by atoms with E-state index in [0.29, 0.717) is 39.7 Å². The molecular formula is C18H16BrClN2O3. The molecule has 0 aliphatic carbocycles. The summed E-state index contributed by atoms with van der Waals surface area (Å²) in [4.78, 5) is 12.0. The minimum Gasteiger partial charge on any atom is -0.490 e. The summed E-state index contributed by atoms with van der Waals surface area (Å²) in [6, 6.07) is 12.5. The number of rotatable bonds is 7. The summed E-state index contributed by atoms with van der Waals surface area (Å²) in [7, 11) is 0. The molecule has 0 bridgehead atoms. The van der Waals surface area contributed by atoms with E-state index in [4.69, 9.17) is 26.3 Å². The first-order valence-electron chi connectivity index (χ1n) is 7.54. The van der Waals surface area contributed by atoms with Crippen molar-refractivity contribution >= 4 is 33.4 Å². The van der Waals surface area contributed by atoms with E-state index in [9.17, 15) is 4.79 Å². The van der Waals surface area contributed by atoms with Gasteiger partial charge in [-0.05, 0) is 46.6 Å². The molecule has 5 nitrogen and oxygen atoms in total. The summed E-state index contributed by atoms with van der Waals surface area (Å²) in [5.74, 6) is 0.522. The van der Waals surface area contributed by atoms with Crippen LogP contribution in [-0.2, 0) is 11.3 Å². The van der Waals surface area contributed by atoms with Crippen LogP contribution in [0.5, 0.6) is 11.5 Å². The molecule has 0 atom stereocenters. The van der Waals surface area contributed by atoms with Gasteiger partial charge in [0.2, 0.25) is 0 Å². The Balaban J connectivity index is 1.98. The van der Waals surface area contributed by atoms with E-state index in [-0.39, 0.29) is 12.5 Å². The highest BCUT2D eigenvalue weighted by Crippen LogP contribution is 2.36. The number of nitriles is 1. The highest BCUT2D eigenvalue weighted by atomic mass is 79.9. The Morgan fingerprint density at radius 1 is 1.32 bits per heavy atom. The van der Waals surface area contributed by atoms with Crippen molar-refractivity contribution in [2.45, 2.75) is 13.5 Å². The van der Waals surface area contributed by atoms with Crippen molar-refractivity contribution in [3.05, 3.63) is 57.0 Å². The van der Waals surface area contributed by atoms with Gasteiger partial charge < -0.3 is 14.8 Å². The average molecular weight is 424 g/mol. The predicted molar refractivity (Wildman–Crippen MR) is 98.8 cm³/mol. The monoisotopic (exact) mass is 422 g/mol. The number of hydrogen-bond donors (Lipinski definition) is 1. The molecule has 1 N–H and O–H groups in total. The lowest BCUT2D eigenvalue weighted by Crippen LogP contribution is -2.28. The van der Waals surface area contributed by atoms with E-state index in [1.807, 2.05) is 25.1 Å². The van der Waals surface area contributed by atoms with Crippen LogP contribution < -0.4 is 14.8 Å². The van der Waals surface area contributed by atoms with E-state index >= 15 is 0 Å². The Kier molecular flexibility index (Phi) is 7.11. The van der Waals surface area contributed by atoms with Crippen LogP contribution in [0.25, 0.3) is 0 Å². The van der Waals surface area contributed by atoms with Crippen LogP contribution in [0.2, 0.25) is 5.02 Å². The smallest absolute Gasteiger partial charge is 0.258 e. The minimum absolute atomic E-state index is 0.175. The zero-order valence-corrected chi connectivity index (χ0v) is 15.9. The van der Waals surface area contributed by atoms with Gasteiger partial charge in [-0.1, -0.05) is 23.7 Å². The first-order chi connectivity index (χ1) is 12.0. The maximum atomic E-state index is 12.0. The van der Waals surface area contributed by atoms with Crippen LogP contribution in [0.3, 0.4) is 0 Å². The van der Waals surface area contributed by atoms with Crippen molar-refractivity contribution in [1.29, 1.82) is 5.26 Å². The molecule has 2 aromatic carbocycles. The van der Waals surface area contributed by atoms with E-state index in [2.05, 4.69) is 21.2 Å². The summed E-state index contributed by atoms with van der Waals surface area (Å²) in [5, 5.41) is 12.4. The quantitative estimate of drug-likeness (QED) is 0.729. The van der Waals surface area contributed by atoms with Crippen LogP contribution in [-0.4, -0.2) is 19.1 Å². The third-order valence-electron chi connectivity index (χ3n) is 3.16. The highest BCUT2D eigenvalue weighted by Gasteiger charge is 2.14. The third kappa shape index (κ3) is 5.66. The number of carbonyl (C=O) groups excluding carboxylic acids is 1. The standard InChI is InChI=1S/C18H16BrClN2O3/c1-2-24-16-8-13(9-21)7-15(19)18(16)25-11-17(23)22-10-12-4-3-5-14(20)6-12/h3-8H,2,10-11H2,1H3,(H,22,23). The molecule has 0 aromatic heterocycles. The number of benzene rings is 2. The fourth-order valence-electron chi connectivity index (χ4n) is 2.07. The van der Waals surface area contributed by atoms with Gasteiger partial charge in [-0.15, -0.1) is 0 Å². The van der Waals surface area contributed by atoms with Crippen molar-refractivity contribution in [3.8, 4) is 17.6 Å². The molecule has 0 saturated carbocycles. The number of amides is 1. The molecule has 2 rings (SSSR count). The Morgan fingerprint density at radius 2 is 2.12 bits per heavy atom. The molecule has 0 heterocycles. The highest BCUT2D eigenvalue weighted by molar-refractivity contribution is 9.10. The zero-order chi connectivity index (χ0) is 18.2. The van der Waals surface area contributed by atoms with Gasteiger partial charge in [-0.25, -0.2) is 0 Å². The maximum Gasteiger partial charge on any atom is 0.258 e. The van der Waals surface area contributed by atoms with Crippen molar-refractivity contribution in [2.75, 3.05) is 13.2 Å². The molecule has 0 aliphatic heterocycles. The summed E-state index contributed by atoms with van der Waals surface area (Å²) in [6.07, 6.45) is 0. The van der Waals surface area contributed by atoms with Crippen molar-refractivity contribution in [1.82, 2.24) is 5.32 Å². The Bertz CT molecular complexity index is 805. The maximum absolute atomic E-state index is 12.0. The van der Waals surface area contributed by atoms with E-state index in [1.165, 1.54) is 0 Å². The molecule has 130 valence electrons. The summed E-state index contributed by atoms with van der Waals surface area (Å²) < 4.78 is 11.6. The van der Waals surface area contributed by atoms with Crippen LogP contribution in [0.1, 0.15) is 18.1 Å². The third-order valence-corrected chi connectivity index (χ3v) is 3.99. The molecule has 25 heavy (non-hydrogen) atoms. The average Bonchev–Trinajstić information content (AvgIpc) is 2.59. The fraction of sp³-hybridized carbons (Fsp3) is 0.222. The second-order valence-electron chi connectivity index (χ2n) is 5.03. The SMILES string of the molecule is CCOc1cc(C#N)cc(Br)c1OCC(=O)NCc1cccc(Cl)c1. The van der Waals surface area contributed by atoms with Crippen molar-refractivity contribution in [3.63, 3.8) is 0 Å². The predicted octanol–water partition coefficient (Wildman–Crippen LogP) is 4.07. The summed E-state index contributed by atoms with van der Waals surface area (Å²) in [5.41, 5.74) is 1.34. The number of hydrogen-bond acceptors (Lipinski definition) is 4. The Morgan fingerprint density at radius 3 is 2.80 bits per heavy atom. The molecule has 2 aromatic rings. The van der Waals surface area contributed by atoms with Gasteiger partial charge in [0.15, 0.2) is 18.1 Å². The van der Waals surface area contributed by atoms with Gasteiger partial charge >= 0.3 is 0 Å². The minimum atomic E-state index is -0.279. The van der Waals surface area contributed by atoms with Crippen molar-refractivity contribution < 1.29 is 14.3 Å². The molecular weight excluding hydrogens is 408 g/mol. The molecule has 7 heteroatoms. The number of nitrogens with one attached hydrogen (secondary N) is 1. The lowest BCUT2D eigenvalue weighted by atomic mass is 10.2. The van der Waals surface area contributed by atoms with Crippen molar-refractivity contribution in [2.24, 2.45) is 0 Å². The van der Waals surface area contributed by atoms with Crippen LogP contribution >= 0.6 is 27.5 Å². The van der Waals surface area contributed by atoms with Crippen LogP contribution in [0.4, 0.5) is 0 Å². The zero-order valence-electron chi connectivity index (χ0n) is 13.5. The van der Waals surface area contributed by atoms with Gasteiger partial charge in [0.05, 0.1) is 22.7 Å². The Labute approximate surface area is 159 Å². The molecule has 0 unspecified atom stereocenters. The fourth-order valence-corrected chi connectivity index (χ4v) is 2.84. The first kappa shape index (κ1) is 19.1. The second-order valence-corrected chi connectivity index (χ2v) is 6.32. The lowest BCUT2D eigenvalue weighted by molar-refractivity contribution is -0.123. The van der Waals surface area contributed by atoms with Crippen LogP contribution in [0.15, 0.2) is 40.9 Å². The van der Waals surface area contributed by atoms with Gasteiger partial charge in [0, 0.05) is 17.6 Å². The topological polar surface area (TPSA) is 71.3 Å². The number of ether oxygens (including phenoxy) is 2. The number of carbonyl (C=O) groups is 1.